The van der Waals surface area contributed by atoms with E-state index in [4.69, 9.17) is 4.74 Å². The Hall–Kier alpha value is -3.33. The Balaban J connectivity index is 1.12. The molecule has 1 N–H and O–H groups in total. The molecule has 0 bridgehead atoms. The first-order valence-corrected chi connectivity index (χ1v) is 12.5. The van der Waals surface area contributed by atoms with E-state index < -0.39 is 6.04 Å². The lowest BCUT2D eigenvalue weighted by atomic mass is 9.85. The molecule has 3 atom stereocenters. The first-order valence-electron chi connectivity index (χ1n) is 12.5. The van der Waals surface area contributed by atoms with Crippen molar-refractivity contribution in [3.8, 4) is 5.75 Å². The number of benzene rings is 1. The van der Waals surface area contributed by atoms with Crippen LogP contribution in [0.25, 0.3) is 0 Å². The van der Waals surface area contributed by atoms with Gasteiger partial charge in [-0.2, -0.15) is 0 Å². The van der Waals surface area contributed by atoms with Crippen LogP contribution in [0.4, 0.5) is 0 Å². The Bertz CT molecular complexity index is 1150. The highest BCUT2D eigenvalue weighted by molar-refractivity contribution is 6.05. The largest absolute Gasteiger partial charge is 0.489 e. The van der Waals surface area contributed by atoms with E-state index in [0.717, 1.165) is 43.7 Å². The molecule has 1 aromatic carbocycles. The van der Waals surface area contributed by atoms with Crippen molar-refractivity contribution < 1.29 is 19.1 Å². The van der Waals surface area contributed by atoms with Gasteiger partial charge in [0, 0.05) is 56.0 Å². The van der Waals surface area contributed by atoms with Gasteiger partial charge in [-0.3, -0.25) is 24.6 Å². The fourth-order valence-electron chi connectivity index (χ4n) is 5.95. The number of piperidine rings is 1. The van der Waals surface area contributed by atoms with Crippen molar-refractivity contribution >= 4 is 17.7 Å². The molecule has 0 spiro atoms. The molecule has 3 unspecified atom stereocenters. The predicted octanol–water partition coefficient (Wildman–Crippen LogP) is 2.03. The van der Waals surface area contributed by atoms with E-state index >= 15 is 0 Å². The molecule has 1 aliphatic carbocycles. The SMILES string of the molecule is O=C1CCC(N2Cc3cc(OC4CCCCC4N4CC(c5cncnc5)C4)ccc3C2=O)C(=O)N1. The lowest BCUT2D eigenvalue weighted by Gasteiger charge is -2.48. The standard InChI is InChI=1S/C26H29N5O4/c32-24-8-7-22(25(33)29-24)31-14-16-9-19(5-6-20(16)26(31)34)35-23-4-2-1-3-21(23)30-12-18(13-30)17-10-27-15-28-11-17/h5-6,9-11,15,18,21-23H,1-4,7-8,12-14H2,(H,29,32,33). The number of amides is 3. The Kier molecular flexibility index (Phi) is 5.72. The quantitative estimate of drug-likeness (QED) is 0.660. The number of imide groups is 1. The van der Waals surface area contributed by atoms with Crippen molar-refractivity contribution in [2.24, 2.45) is 0 Å². The van der Waals surface area contributed by atoms with Crippen LogP contribution in [0.5, 0.6) is 5.75 Å². The second kappa shape index (κ2) is 9.03. The van der Waals surface area contributed by atoms with Crippen molar-refractivity contribution in [3.05, 3.63) is 53.6 Å². The van der Waals surface area contributed by atoms with Crippen LogP contribution in [0, 0.1) is 0 Å². The summed E-state index contributed by atoms with van der Waals surface area (Å²) in [6, 6.07) is 5.40. The molecule has 1 aromatic heterocycles. The van der Waals surface area contributed by atoms with E-state index in [0.29, 0.717) is 30.5 Å². The van der Waals surface area contributed by atoms with Crippen LogP contribution < -0.4 is 10.1 Å². The summed E-state index contributed by atoms with van der Waals surface area (Å²) in [6.45, 7) is 2.35. The minimum Gasteiger partial charge on any atom is -0.489 e. The highest BCUT2D eigenvalue weighted by Crippen LogP contribution is 2.36. The molecule has 2 saturated heterocycles. The molecule has 4 aliphatic rings. The summed E-state index contributed by atoms with van der Waals surface area (Å²) in [7, 11) is 0. The zero-order chi connectivity index (χ0) is 23.9. The number of hydrogen-bond acceptors (Lipinski definition) is 7. The van der Waals surface area contributed by atoms with Crippen LogP contribution >= 0.6 is 0 Å². The zero-order valence-electron chi connectivity index (χ0n) is 19.6. The molecule has 9 nitrogen and oxygen atoms in total. The van der Waals surface area contributed by atoms with Crippen LogP contribution in [-0.4, -0.2) is 68.8 Å². The maximum absolute atomic E-state index is 13.0. The monoisotopic (exact) mass is 475 g/mol. The Labute approximate surface area is 203 Å². The number of carbonyl (C=O) groups excluding carboxylic acids is 3. The third-order valence-electron chi connectivity index (χ3n) is 7.88. The number of rotatable bonds is 5. The van der Waals surface area contributed by atoms with Gasteiger partial charge in [0.1, 0.15) is 24.2 Å². The van der Waals surface area contributed by atoms with E-state index in [1.807, 2.05) is 30.6 Å². The number of likely N-dealkylation sites (tertiary alicyclic amines) is 1. The summed E-state index contributed by atoms with van der Waals surface area (Å²) >= 11 is 0. The lowest BCUT2D eigenvalue weighted by molar-refractivity contribution is -0.136. The topological polar surface area (TPSA) is 105 Å². The molecule has 3 fully saturated rings. The van der Waals surface area contributed by atoms with Gasteiger partial charge in [-0.1, -0.05) is 6.42 Å². The highest BCUT2D eigenvalue weighted by Gasteiger charge is 2.41. The first-order chi connectivity index (χ1) is 17.1. The van der Waals surface area contributed by atoms with E-state index in [9.17, 15) is 14.4 Å². The molecule has 0 radical (unpaired) electrons. The van der Waals surface area contributed by atoms with Crippen LogP contribution in [0.2, 0.25) is 0 Å². The van der Waals surface area contributed by atoms with Crippen LogP contribution in [0.15, 0.2) is 36.9 Å². The van der Waals surface area contributed by atoms with Gasteiger partial charge in [0.25, 0.3) is 5.91 Å². The number of fused-ring (bicyclic) bond motifs is 1. The fourth-order valence-corrected chi connectivity index (χ4v) is 5.95. The average Bonchev–Trinajstić information content (AvgIpc) is 3.15. The number of ether oxygens (including phenoxy) is 1. The van der Waals surface area contributed by atoms with E-state index in [2.05, 4.69) is 20.2 Å². The van der Waals surface area contributed by atoms with Gasteiger partial charge >= 0.3 is 0 Å². The van der Waals surface area contributed by atoms with E-state index in [1.54, 1.807) is 11.2 Å². The fraction of sp³-hybridized carbons (Fsp3) is 0.500. The van der Waals surface area contributed by atoms with Gasteiger partial charge in [0.15, 0.2) is 0 Å². The van der Waals surface area contributed by atoms with Crippen LogP contribution in [0.3, 0.4) is 0 Å². The first kappa shape index (κ1) is 22.2. The average molecular weight is 476 g/mol. The molecule has 4 heterocycles. The molecule has 35 heavy (non-hydrogen) atoms. The minimum atomic E-state index is -0.603. The summed E-state index contributed by atoms with van der Waals surface area (Å²) in [5, 5.41) is 2.35. The number of carbonyl (C=O) groups is 3. The summed E-state index contributed by atoms with van der Waals surface area (Å²) in [5.74, 6) is 0.417. The minimum absolute atomic E-state index is 0.109. The summed E-state index contributed by atoms with van der Waals surface area (Å²) in [6.07, 6.45) is 10.6. The Morgan fingerprint density at radius 2 is 1.80 bits per heavy atom. The number of nitrogens with one attached hydrogen (secondary N) is 1. The normalized spacial score (nSPS) is 27.4. The van der Waals surface area contributed by atoms with Crippen LogP contribution in [-0.2, 0) is 16.1 Å². The van der Waals surface area contributed by atoms with Gasteiger partial charge in [-0.15, -0.1) is 0 Å². The molecule has 182 valence electrons. The molecule has 2 aromatic rings. The second-order valence-electron chi connectivity index (χ2n) is 10.0. The molecular weight excluding hydrogens is 446 g/mol. The smallest absolute Gasteiger partial charge is 0.255 e. The van der Waals surface area contributed by atoms with Gasteiger partial charge in [-0.05, 0) is 55.0 Å². The van der Waals surface area contributed by atoms with Crippen molar-refractivity contribution in [2.45, 2.75) is 69.2 Å². The molecule has 9 heteroatoms. The Morgan fingerprint density at radius 1 is 1.00 bits per heavy atom. The third-order valence-corrected chi connectivity index (χ3v) is 7.88. The number of hydrogen-bond donors (Lipinski definition) is 1. The van der Waals surface area contributed by atoms with E-state index in [-0.39, 0.29) is 30.2 Å². The third kappa shape index (κ3) is 4.18. The van der Waals surface area contributed by atoms with Gasteiger partial charge in [-0.25, -0.2) is 9.97 Å². The summed E-state index contributed by atoms with van der Waals surface area (Å²) in [5.41, 5.74) is 2.68. The molecule has 6 rings (SSSR count). The molecule has 3 aliphatic heterocycles. The van der Waals surface area contributed by atoms with Crippen LogP contribution in [0.1, 0.15) is 65.9 Å². The predicted molar refractivity (Wildman–Crippen MR) is 126 cm³/mol. The molecule has 3 amide bonds. The summed E-state index contributed by atoms with van der Waals surface area (Å²) in [4.78, 5) is 49.2. The van der Waals surface area contributed by atoms with Crippen molar-refractivity contribution in [2.75, 3.05) is 13.1 Å². The Morgan fingerprint density at radius 3 is 2.60 bits per heavy atom. The highest BCUT2D eigenvalue weighted by atomic mass is 16.5. The molecule has 1 saturated carbocycles. The van der Waals surface area contributed by atoms with E-state index in [1.165, 1.54) is 12.0 Å². The van der Waals surface area contributed by atoms with Crippen molar-refractivity contribution in [1.82, 2.24) is 25.1 Å². The zero-order valence-corrected chi connectivity index (χ0v) is 19.6. The number of nitrogens with zero attached hydrogens (tertiary/aromatic N) is 4. The van der Waals surface area contributed by atoms with Gasteiger partial charge in [0.05, 0.1) is 0 Å². The lowest BCUT2D eigenvalue weighted by Crippen LogP contribution is -2.57. The molecular formula is C26H29N5O4. The van der Waals surface area contributed by atoms with Crippen molar-refractivity contribution in [1.29, 1.82) is 0 Å². The van der Waals surface area contributed by atoms with Gasteiger partial charge < -0.3 is 9.64 Å². The number of aromatic nitrogens is 2. The summed E-state index contributed by atoms with van der Waals surface area (Å²) < 4.78 is 6.52. The van der Waals surface area contributed by atoms with Gasteiger partial charge in [0.2, 0.25) is 11.8 Å². The second-order valence-corrected chi connectivity index (χ2v) is 10.0. The maximum atomic E-state index is 13.0. The van der Waals surface area contributed by atoms with Crippen molar-refractivity contribution in [3.63, 3.8) is 0 Å². The maximum Gasteiger partial charge on any atom is 0.255 e.